The van der Waals surface area contributed by atoms with Gasteiger partial charge in [-0.2, -0.15) is 0 Å². The molecule has 1 aromatic carbocycles. The summed E-state index contributed by atoms with van der Waals surface area (Å²) in [6.45, 7) is 1.38. The minimum atomic E-state index is -0.978. The first-order valence-corrected chi connectivity index (χ1v) is 8.17. The molecular weight excluding hydrogens is 336 g/mol. The van der Waals surface area contributed by atoms with E-state index < -0.39 is 24.2 Å². The number of ether oxygens (including phenoxy) is 3. The van der Waals surface area contributed by atoms with E-state index in [1.807, 2.05) is 30.3 Å². The summed E-state index contributed by atoms with van der Waals surface area (Å²) in [5.74, 6) is -1.32. The highest BCUT2D eigenvalue weighted by molar-refractivity contribution is 6.17. The number of hydrogen-bond acceptors (Lipinski definition) is 6. The van der Waals surface area contributed by atoms with Crippen molar-refractivity contribution in [1.29, 1.82) is 0 Å². The Labute approximate surface area is 146 Å². The Kier molecular flexibility index (Phi) is 9.53. The molecule has 0 saturated heterocycles. The van der Waals surface area contributed by atoms with Crippen LogP contribution in [0.2, 0.25) is 0 Å². The van der Waals surface area contributed by atoms with E-state index in [0.717, 1.165) is 5.56 Å². The second-order valence-electron chi connectivity index (χ2n) is 5.01. The molecule has 0 aliphatic carbocycles. The van der Waals surface area contributed by atoms with Crippen LogP contribution in [0.3, 0.4) is 0 Å². The first-order valence-electron chi connectivity index (χ1n) is 7.63. The molecule has 0 aliphatic heterocycles. The highest BCUT2D eigenvalue weighted by atomic mass is 35.5. The summed E-state index contributed by atoms with van der Waals surface area (Å²) in [6.07, 6.45) is -0.381. The van der Waals surface area contributed by atoms with Crippen LogP contribution in [0.1, 0.15) is 38.2 Å². The molecule has 0 bridgehead atoms. The van der Waals surface area contributed by atoms with Gasteiger partial charge in [0.1, 0.15) is 6.61 Å². The average Bonchev–Trinajstić information content (AvgIpc) is 2.56. The molecule has 6 nitrogen and oxygen atoms in total. The van der Waals surface area contributed by atoms with Crippen molar-refractivity contribution < 1.29 is 28.6 Å². The topological polar surface area (TPSA) is 78.9 Å². The van der Waals surface area contributed by atoms with Gasteiger partial charge in [0, 0.05) is 19.2 Å². The predicted octanol–water partition coefficient (Wildman–Crippen LogP) is 2.96. The molecule has 0 spiro atoms. The fourth-order valence-electron chi connectivity index (χ4n) is 1.79. The molecule has 1 aromatic rings. The smallest absolute Gasteiger partial charge is 0.309 e. The van der Waals surface area contributed by atoms with E-state index in [0.29, 0.717) is 18.7 Å². The first-order chi connectivity index (χ1) is 11.5. The van der Waals surface area contributed by atoms with Crippen molar-refractivity contribution in [2.45, 2.75) is 45.5 Å². The van der Waals surface area contributed by atoms with Crippen molar-refractivity contribution in [3.05, 3.63) is 35.9 Å². The summed E-state index contributed by atoms with van der Waals surface area (Å²) in [6, 6.07) is 9.22. The van der Waals surface area contributed by atoms with Crippen molar-refractivity contribution in [3.63, 3.8) is 0 Å². The summed E-state index contributed by atoms with van der Waals surface area (Å²) in [5.41, 5.74) is 0.865. The van der Waals surface area contributed by atoms with Crippen LogP contribution in [0.25, 0.3) is 0 Å². The lowest BCUT2D eigenvalue weighted by molar-refractivity contribution is -0.188. The van der Waals surface area contributed by atoms with Crippen LogP contribution in [0.15, 0.2) is 30.3 Å². The zero-order chi connectivity index (χ0) is 17.8. The summed E-state index contributed by atoms with van der Waals surface area (Å²) in [7, 11) is 0. The number of alkyl halides is 1. The highest BCUT2D eigenvalue weighted by Gasteiger charge is 2.18. The van der Waals surface area contributed by atoms with Crippen molar-refractivity contribution in [2.75, 3.05) is 5.88 Å². The lowest BCUT2D eigenvalue weighted by Crippen LogP contribution is -2.24. The van der Waals surface area contributed by atoms with Crippen LogP contribution in [-0.2, 0) is 35.2 Å². The molecule has 7 heteroatoms. The van der Waals surface area contributed by atoms with Crippen molar-refractivity contribution in [3.8, 4) is 0 Å². The molecule has 132 valence electrons. The lowest BCUT2D eigenvalue weighted by atomic mass is 10.2. The van der Waals surface area contributed by atoms with E-state index in [9.17, 15) is 14.4 Å². The molecule has 24 heavy (non-hydrogen) atoms. The zero-order valence-electron chi connectivity index (χ0n) is 13.5. The van der Waals surface area contributed by atoms with Crippen LogP contribution in [0.5, 0.6) is 0 Å². The molecular formula is C17H21ClO6. The number of rotatable bonds is 10. The highest BCUT2D eigenvalue weighted by Crippen LogP contribution is 2.09. The largest absolute Gasteiger partial charge is 0.461 e. The van der Waals surface area contributed by atoms with Gasteiger partial charge < -0.3 is 14.2 Å². The standard InChI is InChI=1S/C17H21ClO6/c1-13(19)23-17(8-5-11-18)24-16(21)10-9-15(20)22-12-14-6-3-2-4-7-14/h2-4,6-7,17H,5,8-12H2,1H3. The Balaban J connectivity index is 2.29. The van der Waals surface area contributed by atoms with Gasteiger partial charge in [0.2, 0.25) is 6.29 Å². The number of halogens is 1. The summed E-state index contributed by atoms with van der Waals surface area (Å²) in [4.78, 5) is 34.3. The first kappa shape index (κ1) is 20.0. The zero-order valence-corrected chi connectivity index (χ0v) is 14.3. The molecule has 1 rings (SSSR count). The van der Waals surface area contributed by atoms with Crippen molar-refractivity contribution in [1.82, 2.24) is 0 Å². The van der Waals surface area contributed by atoms with Crippen LogP contribution in [0.4, 0.5) is 0 Å². The second kappa shape index (κ2) is 11.5. The Morgan fingerprint density at radius 2 is 1.71 bits per heavy atom. The van der Waals surface area contributed by atoms with Gasteiger partial charge in [-0.3, -0.25) is 14.4 Å². The minimum Gasteiger partial charge on any atom is -0.461 e. The van der Waals surface area contributed by atoms with Gasteiger partial charge in [-0.25, -0.2) is 0 Å². The molecule has 0 saturated carbocycles. The maximum Gasteiger partial charge on any atom is 0.309 e. The van der Waals surface area contributed by atoms with Gasteiger partial charge in [0.25, 0.3) is 0 Å². The normalized spacial score (nSPS) is 11.4. The predicted molar refractivity (Wildman–Crippen MR) is 87.1 cm³/mol. The third-order valence-corrected chi connectivity index (χ3v) is 3.18. The quantitative estimate of drug-likeness (QED) is 0.364. The van der Waals surface area contributed by atoms with Gasteiger partial charge in [-0.15, -0.1) is 11.6 Å². The van der Waals surface area contributed by atoms with Gasteiger partial charge in [-0.05, 0) is 12.0 Å². The van der Waals surface area contributed by atoms with E-state index in [4.69, 9.17) is 25.8 Å². The van der Waals surface area contributed by atoms with E-state index in [1.54, 1.807) is 0 Å². The van der Waals surface area contributed by atoms with Gasteiger partial charge >= 0.3 is 17.9 Å². The maximum atomic E-state index is 11.7. The molecule has 0 amide bonds. The molecule has 1 unspecified atom stereocenters. The number of carbonyl (C=O) groups excluding carboxylic acids is 3. The second-order valence-corrected chi connectivity index (χ2v) is 5.38. The van der Waals surface area contributed by atoms with E-state index in [-0.39, 0.29) is 19.4 Å². The molecule has 0 radical (unpaired) electrons. The van der Waals surface area contributed by atoms with Crippen LogP contribution >= 0.6 is 11.6 Å². The van der Waals surface area contributed by atoms with Crippen LogP contribution in [-0.4, -0.2) is 30.1 Å². The third kappa shape index (κ3) is 9.15. The maximum absolute atomic E-state index is 11.7. The lowest BCUT2D eigenvalue weighted by Gasteiger charge is -2.16. The van der Waals surface area contributed by atoms with E-state index in [1.165, 1.54) is 6.92 Å². The minimum absolute atomic E-state index is 0.103. The third-order valence-electron chi connectivity index (χ3n) is 2.91. The fourth-order valence-corrected chi connectivity index (χ4v) is 1.95. The van der Waals surface area contributed by atoms with Gasteiger partial charge in [-0.1, -0.05) is 30.3 Å². The summed E-state index contributed by atoms with van der Waals surface area (Å²) >= 11 is 5.56. The molecule has 1 atom stereocenters. The fraction of sp³-hybridized carbons (Fsp3) is 0.471. The van der Waals surface area contributed by atoms with Gasteiger partial charge in [0.15, 0.2) is 0 Å². The Bertz CT molecular complexity index is 531. The van der Waals surface area contributed by atoms with Crippen molar-refractivity contribution in [2.24, 2.45) is 0 Å². The molecule has 0 N–H and O–H groups in total. The van der Waals surface area contributed by atoms with Gasteiger partial charge in [0.05, 0.1) is 12.8 Å². The number of hydrogen-bond donors (Lipinski definition) is 0. The average molecular weight is 357 g/mol. The molecule has 0 aromatic heterocycles. The number of benzene rings is 1. The molecule has 0 aliphatic rings. The van der Waals surface area contributed by atoms with Crippen LogP contribution in [0, 0.1) is 0 Å². The number of carbonyl (C=O) groups is 3. The Morgan fingerprint density at radius 1 is 1.04 bits per heavy atom. The van der Waals surface area contributed by atoms with E-state index >= 15 is 0 Å². The molecule has 0 heterocycles. The SMILES string of the molecule is CC(=O)OC(CCCCl)OC(=O)CCC(=O)OCc1ccccc1. The summed E-state index contributed by atoms with van der Waals surface area (Å²) < 4.78 is 15.0. The summed E-state index contributed by atoms with van der Waals surface area (Å²) in [5, 5.41) is 0. The monoisotopic (exact) mass is 356 g/mol. The van der Waals surface area contributed by atoms with Crippen molar-refractivity contribution >= 4 is 29.5 Å². The van der Waals surface area contributed by atoms with Crippen LogP contribution < -0.4 is 0 Å². The number of esters is 3. The Morgan fingerprint density at radius 3 is 2.33 bits per heavy atom. The molecule has 0 fully saturated rings. The van der Waals surface area contributed by atoms with E-state index in [2.05, 4.69) is 0 Å². The Hall–Kier alpha value is -2.08.